The van der Waals surface area contributed by atoms with Gasteiger partial charge in [0.15, 0.2) is 0 Å². The molecular weight excluding hydrogens is 404 g/mol. The number of hydrogen-bond donors (Lipinski definition) is 0. The summed E-state index contributed by atoms with van der Waals surface area (Å²) in [7, 11) is 0. The maximum atomic E-state index is 6.27. The van der Waals surface area contributed by atoms with Crippen molar-refractivity contribution in [1.29, 1.82) is 0 Å². The average Bonchev–Trinajstić information content (AvgIpc) is 2.77. The zero-order valence-corrected chi connectivity index (χ0v) is 23.9. The van der Waals surface area contributed by atoms with Crippen molar-refractivity contribution in [3.8, 4) is 0 Å². The van der Waals surface area contributed by atoms with Crippen molar-refractivity contribution >= 4 is 0 Å². The molecule has 1 unspecified atom stereocenters. The molecule has 0 aromatic rings. The molecule has 0 spiro atoms. The van der Waals surface area contributed by atoms with Gasteiger partial charge in [-0.3, -0.25) is 0 Å². The van der Waals surface area contributed by atoms with E-state index in [2.05, 4.69) is 34.6 Å². The second-order valence-electron chi connectivity index (χ2n) is 11.7. The van der Waals surface area contributed by atoms with Crippen LogP contribution in [-0.4, -0.2) is 25.9 Å². The quantitative estimate of drug-likeness (QED) is 0.117. The second kappa shape index (κ2) is 25.0. The van der Waals surface area contributed by atoms with E-state index >= 15 is 0 Å². The number of unbranched alkanes of at least 4 members (excludes halogenated alkanes) is 18. The van der Waals surface area contributed by atoms with Crippen LogP contribution in [0.2, 0.25) is 0 Å². The minimum absolute atomic E-state index is 0.256. The lowest BCUT2D eigenvalue weighted by molar-refractivity contribution is -0.0363. The van der Waals surface area contributed by atoms with Gasteiger partial charge in [-0.15, -0.1) is 0 Å². The first-order valence-corrected chi connectivity index (χ1v) is 15.2. The van der Waals surface area contributed by atoms with Crippen LogP contribution in [0.4, 0.5) is 0 Å². The smallest absolute Gasteiger partial charge is 0.0813 e. The molecule has 0 radical (unpaired) electrons. The minimum atomic E-state index is 0.256. The van der Waals surface area contributed by atoms with Crippen LogP contribution in [0.1, 0.15) is 169 Å². The molecule has 0 aromatic carbocycles. The van der Waals surface area contributed by atoms with E-state index in [1.807, 2.05) is 0 Å². The Bertz CT molecular complexity index is 360. The Morgan fingerprint density at radius 2 is 0.848 bits per heavy atom. The van der Waals surface area contributed by atoms with E-state index in [-0.39, 0.29) is 6.10 Å². The second-order valence-corrected chi connectivity index (χ2v) is 11.7. The van der Waals surface area contributed by atoms with E-state index in [1.165, 1.54) is 128 Å². The Hall–Kier alpha value is -0.0800. The first kappa shape index (κ1) is 32.9. The Labute approximate surface area is 210 Å². The Kier molecular flexibility index (Phi) is 25.0. The zero-order valence-electron chi connectivity index (χ0n) is 23.9. The van der Waals surface area contributed by atoms with Gasteiger partial charge >= 0.3 is 0 Å². The minimum Gasteiger partial charge on any atom is -0.379 e. The predicted octanol–water partition coefficient (Wildman–Crippen LogP) is 10.7. The summed E-state index contributed by atoms with van der Waals surface area (Å²) < 4.78 is 12.3. The summed E-state index contributed by atoms with van der Waals surface area (Å²) in [4.78, 5) is 0. The summed E-state index contributed by atoms with van der Waals surface area (Å²) in [6, 6.07) is 0. The SMILES string of the molecule is CCCCCCCCCCCCOCC(CC(C)(C)C)OCCCCCCCCCCCC. The number of hydrogen-bond acceptors (Lipinski definition) is 2. The monoisotopic (exact) mass is 468 g/mol. The molecule has 0 aromatic heterocycles. The Morgan fingerprint density at radius 3 is 1.24 bits per heavy atom. The van der Waals surface area contributed by atoms with Crippen molar-refractivity contribution < 1.29 is 9.47 Å². The van der Waals surface area contributed by atoms with Gasteiger partial charge in [0.05, 0.1) is 12.7 Å². The highest BCUT2D eigenvalue weighted by atomic mass is 16.5. The lowest BCUT2D eigenvalue weighted by Crippen LogP contribution is -2.26. The Morgan fingerprint density at radius 1 is 0.485 bits per heavy atom. The van der Waals surface area contributed by atoms with Crippen LogP contribution in [-0.2, 0) is 9.47 Å². The van der Waals surface area contributed by atoms with Crippen LogP contribution in [0, 0.1) is 5.41 Å². The molecule has 0 bridgehead atoms. The van der Waals surface area contributed by atoms with Crippen LogP contribution >= 0.6 is 0 Å². The first-order chi connectivity index (χ1) is 16.0. The van der Waals surface area contributed by atoms with Crippen molar-refractivity contribution in [1.82, 2.24) is 0 Å². The van der Waals surface area contributed by atoms with Gasteiger partial charge in [-0.2, -0.15) is 0 Å². The van der Waals surface area contributed by atoms with Gasteiger partial charge in [-0.1, -0.05) is 150 Å². The van der Waals surface area contributed by atoms with Crippen molar-refractivity contribution in [2.24, 2.45) is 5.41 Å². The van der Waals surface area contributed by atoms with E-state index < -0.39 is 0 Å². The average molecular weight is 469 g/mol. The van der Waals surface area contributed by atoms with Crippen LogP contribution in [0.3, 0.4) is 0 Å². The van der Waals surface area contributed by atoms with E-state index in [4.69, 9.17) is 9.47 Å². The summed E-state index contributed by atoms with van der Waals surface area (Å²) in [6.45, 7) is 14.1. The fraction of sp³-hybridized carbons (Fsp3) is 1.00. The maximum Gasteiger partial charge on any atom is 0.0813 e. The van der Waals surface area contributed by atoms with Crippen molar-refractivity contribution in [3.05, 3.63) is 0 Å². The van der Waals surface area contributed by atoms with Gasteiger partial charge < -0.3 is 9.47 Å². The van der Waals surface area contributed by atoms with Crippen LogP contribution in [0.15, 0.2) is 0 Å². The van der Waals surface area contributed by atoms with Crippen LogP contribution < -0.4 is 0 Å². The molecule has 0 fully saturated rings. The molecular formula is C31H64O2. The third-order valence-corrected chi connectivity index (χ3v) is 6.64. The zero-order chi connectivity index (χ0) is 24.5. The van der Waals surface area contributed by atoms with E-state index in [0.717, 1.165) is 26.2 Å². The molecule has 0 aliphatic heterocycles. The standard InChI is InChI=1S/C31H64O2/c1-6-8-10-12-14-16-18-20-22-24-26-32-29-30(28-31(3,4)5)33-27-25-23-21-19-17-15-13-11-9-7-2/h30H,6-29H2,1-5H3. The van der Waals surface area contributed by atoms with Gasteiger partial charge in [0.1, 0.15) is 0 Å². The van der Waals surface area contributed by atoms with Gasteiger partial charge in [0.2, 0.25) is 0 Å². The van der Waals surface area contributed by atoms with Gasteiger partial charge in [0.25, 0.3) is 0 Å². The van der Waals surface area contributed by atoms with E-state index in [0.29, 0.717) is 5.41 Å². The number of rotatable bonds is 26. The third kappa shape index (κ3) is 28.0. The van der Waals surface area contributed by atoms with Crippen LogP contribution in [0.25, 0.3) is 0 Å². The molecule has 0 N–H and O–H groups in total. The summed E-state index contributed by atoms with van der Waals surface area (Å²) in [6.07, 6.45) is 28.9. The maximum absolute atomic E-state index is 6.27. The molecule has 33 heavy (non-hydrogen) atoms. The van der Waals surface area contributed by atoms with Gasteiger partial charge in [-0.05, 0) is 24.7 Å². The molecule has 200 valence electrons. The molecule has 2 nitrogen and oxygen atoms in total. The summed E-state index contributed by atoms with van der Waals surface area (Å²) >= 11 is 0. The topological polar surface area (TPSA) is 18.5 Å². The van der Waals surface area contributed by atoms with Crippen molar-refractivity contribution in [3.63, 3.8) is 0 Å². The molecule has 0 heterocycles. The lowest BCUT2D eigenvalue weighted by Gasteiger charge is -2.26. The highest BCUT2D eigenvalue weighted by Crippen LogP contribution is 2.23. The highest BCUT2D eigenvalue weighted by molar-refractivity contribution is 4.69. The first-order valence-electron chi connectivity index (χ1n) is 15.2. The van der Waals surface area contributed by atoms with Gasteiger partial charge in [0, 0.05) is 13.2 Å². The fourth-order valence-electron chi connectivity index (χ4n) is 4.59. The molecule has 2 heteroatoms. The lowest BCUT2D eigenvalue weighted by atomic mass is 9.89. The van der Waals surface area contributed by atoms with E-state index in [1.54, 1.807) is 0 Å². The summed E-state index contributed by atoms with van der Waals surface area (Å²) in [5.74, 6) is 0. The number of ether oxygens (including phenoxy) is 2. The molecule has 0 aliphatic rings. The van der Waals surface area contributed by atoms with Crippen LogP contribution in [0.5, 0.6) is 0 Å². The predicted molar refractivity (Wildman–Crippen MR) is 148 cm³/mol. The molecule has 0 saturated heterocycles. The normalized spacial score (nSPS) is 13.0. The summed E-state index contributed by atoms with van der Waals surface area (Å²) in [5.41, 5.74) is 0.295. The molecule has 0 amide bonds. The summed E-state index contributed by atoms with van der Waals surface area (Å²) in [5, 5.41) is 0. The fourth-order valence-corrected chi connectivity index (χ4v) is 4.59. The highest BCUT2D eigenvalue weighted by Gasteiger charge is 2.19. The van der Waals surface area contributed by atoms with Gasteiger partial charge in [-0.25, -0.2) is 0 Å². The van der Waals surface area contributed by atoms with E-state index in [9.17, 15) is 0 Å². The van der Waals surface area contributed by atoms with Crippen molar-refractivity contribution in [2.75, 3.05) is 19.8 Å². The molecule has 0 aliphatic carbocycles. The third-order valence-electron chi connectivity index (χ3n) is 6.64. The molecule has 0 saturated carbocycles. The Balaban J connectivity index is 3.65. The largest absolute Gasteiger partial charge is 0.379 e. The molecule has 0 rings (SSSR count). The molecule has 1 atom stereocenters. The van der Waals surface area contributed by atoms with Crippen molar-refractivity contribution in [2.45, 2.75) is 176 Å².